The number of hydrogen-bond donors (Lipinski definition) is 0. The van der Waals surface area contributed by atoms with Crippen LogP contribution in [0.4, 0.5) is 5.95 Å². The van der Waals surface area contributed by atoms with Crippen LogP contribution in [0, 0.1) is 0 Å². The van der Waals surface area contributed by atoms with Gasteiger partial charge in [-0.3, -0.25) is 0 Å². The fourth-order valence-corrected chi connectivity index (χ4v) is 3.31. The van der Waals surface area contributed by atoms with Crippen LogP contribution in [-0.2, 0) is 0 Å². The molecule has 132 valence electrons. The number of halogens is 1. The number of benzene rings is 2. The third kappa shape index (κ3) is 2.96. The Hall–Kier alpha value is -2.74. The van der Waals surface area contributed by atoms with Crippen molar-refractivity contribution in [1.29, 1.82) is 0 Å². The van der Waals surface area contributed by atoms with E-state index in [-0.39, 0.29) is 6.04 Å². The van der Waals surface area contributed by atoms with Gasteiger partial charge in [0.2, 0.25) is 0 Å². The third-order valence-electron chi connectivity index (χ3n) is 4.36. The third-order valence-corrected chi connectivity index (χ3v) is 4.89. The number of aromatic nitrogens is 4. The molecular formula is C18H16BrN5O2. The predicted octanol–water partition coefficient (Wildman–Crippen LogP) is 3.57. The highest BCUT2D eigenvalue weighted by atomic mass is 79.9. The first-order valence-corrected chi connectivity index (χ1v) is 8.82. The first-order chi connectivity index (χ1) is 12.7. The Morgan fingerprint density at radius 3 is 2.54 bits per heavy atom. The number of nitrogens with zero attached hydrogens (tertiary/aromatic N) is 5. The number of aliphatic imine (C=N–C) groups is 1. The lowest BCUT2D eigenvalue weighted by molar-refractivity contribution is 0.353. The van der Waals surface area contributed by atoms with E-state index in [2.05, 4.69) is 36.4 Å². The Morgan fingerprint density at radius 2 is 1.81 bits per heavy atom. The van der Waals surface area contributed by atoms with Crippen LogP contribution in [0.3, 0.4) is 0 Å². The van der Waals surface area contributed by atoms with Gasteiger partial charge < -0.3 is 9.47 Å². The maximum atomic E-state index is 5.44. The quantitative estimate of drug-likeness (QED) is 0.653. The fourth-order valence-electron chi connectivity index (χ4n) is 3.04. The monoisotopic (exact) mass is 413 g/mol. The van der Waals surface area contributed by atoms with Crippen molar-refractivity contribution in [3.8, 4) is 11.5 Å². The molecule has 3 aromatic rings. The SMILES string of the molecule is COc1ccc(C2CC(c3ccc(Br)cc3)=Nc3nnnn32)cc1OC. The Balaban J connectivity index is 1.76. The van der Waals surface area contributed by atoms with E-state index in [1.54, 1.807) is 18.9 Å². The lowest BCUT2D eigenvalue weighted by atomic mass is 9.96. The first-order valence-electron chi connectivity index (χ1n) is 8.03. The highest BCUT2D eigenvalue weighted by Gasteiger charge is 2.27. The van der Waals surface area contributed by atoms with Crippen molar-refractivity contribution in [2.24, 2.45) is 4.99 Å². The van der Waals surface area contributed by atoms with E-state index in [0.717, 1.165) is 21.3 Å². The van der Waals surface area contributed by atoms with Crippen LogP contribution in [0.25, 0.3) is 0 Å². The second-order valence-electron chi connectivity index (χ2n) is 5.82. The molecule has 0 aliphatic carbocycles. The molecule has 1 aromatic heterocycles. The molecule has 4 rings (SSSR count). The highest BCUT2D eigenvalue weighted by Crippen LogP contribution is 2.36. The van der Waals surface area contributed by atoms with Gasteiger partial charge in [-0.05, 0) is 45.8 Å². The van der Waals surface area contributed by atoms with Gasteiger partial charge >= 0.3 is 0 Å². The largest absolute Gasteiger partial charge is 0.493 e. The van der Waals surface area contributed by atoms with Crippen molar-refractivity contribution >= 4 is 27.6 Å². The van der Waals surface area contributed by atoms with Crippen LogP contribution in [-0.4, -0.2) is 40.1 Å². The molecule has 1 aliphatic heterocycles. The second kappa shape index (κ2) is 6.87. The molecule has 0 fully saturated rings. The standard InChI is InChI=1S/C18H16BrN5O2/c1-25-16-8-5-12(9-17(16)26-2)15-10-14(11-3-6-13(19)7-4-11)20-18-21-22-23-24(15)18/h3-9,15H,10H2,1-2H3. The van der Waals surface area contributed by atoms with Crippen LogP contribution in [0.5, 0.6) is 11.5 Å². The Labute approximate surface area is 158 Å². The Kier molecular flexibility index (Phi) is 4.42. The summed E-state index contributed by atoms with van der Waals surface area (Å²) >= 11 is 3.46. The molecule has 0 spiro atoms. The molecule has 0 saturated heterocycles. The van der Waals surface area contributed by atoms with Crippen molar-refractivity contribution in [3.05, 3.63) is 58.1 Å². The molecular weight excluding hydrogens is 398 g/mol. The van der Waals surface area contributed by atoms with E-state index >= 15 is 0 Å². The van der Waals surface area contributed by atoms with Crippen molar-refractivity contribution in [2.45, 2.75) is 12.5 Å². The van der Waals surface area contributed by atoms with Gasteiger partial charge in [0.05, 0.1) is 26.0 Å². The fraction of sp³-hybridized carbons (Fsp3) is 0.222. The van der Waals surface area contributed by atoms with Gasteiger partial charge in [-0.1, -0.05) is 39.2 Å². The Bertz CT molecular complexity index is 968. The zero-order valence-electron chi connectivity index (χ0n) is 14.3. The molecule has 0 bridgehead atoms. The maximum Gasteiger partial charge on any atom is 0.269 e. The van der Waals surface area contributed by atoms with E-state index in [0.29, 0.717) is 23.9 Å². The number of ether oxygens (including phenoxy) is 2. The zero-order valence-corrected chi connectivity index (χ0v) is 15.8. The van der Waals surface area contributed by atoms with Gasteiger partial charge in [-0.2, -0.15) is 0 Å². The molecule has 0 amide bonds. The molecule has 26 heavy (non-hydrogen) atoms. The summed E-state index contributed by atoms with van der Waals surface area (Å²) in [5, 5.41) is 12.0. The van der Waals surface area contributed by atoms with Crippen LogP contribution >= 0.6 is 15.9 Å². The van der Waals surface area contributed by atoms with Gasteiger partial charge in [0.25, 0.3) is 5.95 Å². The van der Waals surface area contributed by atoms with Crippen molar-refractivity contribution in [1.82, 2.24) is 20.2 Å². The molecule has 8 heteroatoms. The maximum absolute atomic E-state index is 5.44. The highest BCUT2D eigenvalue weighted by molar-refractivity contribution is 9.10. The minimum Gasteiger partial charge on any atom is -0.493 e. The van der Waals surface area contributed by atoms with E-state index in [4.69, 9.17) is 9.47 Å². The van der Waals surface area contributed by atoms with Crippen LogP contribution in [0.15, 0.2) is 51.9 Å². The summed E-state index contributed by atoms with van der Waals surface area (Å²) in [5.41, 5.74) is 3.02. The average molecular weight is 414 g/mol. The summed E-state index contributed by atoms with van der Waals surface area (Å²) in [7, 11) is 3.25. The number of fused-ring (bicyclic) bond motifs is 1. The zero-order chi connectivity index (χ0) is 18.1. The van der Waals surface area contributed by atoms with Gasteiger partial charge in [0.1, 0.15) is 0 Å². The summed E-state index contributed by atoms with van der Waals surface area (Å²) < 4.78 is 13.5. The molecule has 1 unspecified atom stereocenters. The van der Waals surface area contributed by atoms with E-state index in [1.807, 2.05) is 42.5 Å². The van der Waals surface area contributed by atoms with E-state index < -0.39 is 0 Å². The first kappa shape index (κ1) is 16.7. The van der Waals surface area contributed by atoms with Crippen LogP contribution in [0.1, 0.15) is 23.6 Å². The smallest absolute Gasteiger partial charge is 0.269 e. The molecule has 0 saturated carbocycles. The lowest BCUT2D eigenvalue weighted by Crippen LogP contribution is -2.21. The normalized spacial score (nSPS) is 16.0. The van der Waals surface area contributed by atoms with Crippen LogP contribution in [0.2, 0.25) is 0 Å². The summed E-state index contributed by atoms with van der Waals surface area (Å²) in [4.78, 5) is 4.63. The van der Waals surface area contributed by atoms with E-state index in [9.17, 15) is 0 Å². The molecule has 1 atom stereocenters. The summed E-state index contributed by atoms with van der Waals surface area (Å²) in [6.45, 7) is 0. The molecule has 2 aromatic carbocycles. The second-order valence-corrected chi connectivity index (χ2v) is 6.74. The number of methoxy groups -OCH3 is 2. The molecule has 2 heterocycles. The number of hydrogen-bond acceptors (Lipinski definition) is 6. The van der Waals surface area contributed by atoms with Crippen molar-refractivity contribution in [3.63, 3.8) is 0 Å². The average Bonchev–Trinajstić information content (AvgIpc) is 3.16. The van der Waals surface area contributed by atoms with Crippen LogP contribution < -0.4 is 9.47 Å². The van der Waals surface area contributed by atoms with Gasteiger partial charge in [0, 0.05) is 10.9 Å². The van der Waals surface area contributed by atoms with Gasteiger partial charge in [-0.25, -0.2) is 9.67 Å². The molecule has 0 radical (unpaired) electrons. The minimum absolute atomic E-state index is 0.0732. The molecule has 0 N–H and O–H groups in total. The van der Waals surface area contributed by atoms with Crippen molar-refractivity contribution < 1.29 is 9.47 Å². The molecule has 7 nitrogen and oxygen atoms in total. The Morgan fingerprint density at radius 1 is 1.04 bits per heavy atom. The summed E-state index contributed by atoms with van der Waals surface area (Å²) in [5.74, 6) is 1.85. The van der Waals surface area contributed by atoms with Gasteiger partial charge in [-0.15, -0.1) is 0 Å². The number of tetrazole rings is 1. The number of rotatable bonds is 4. The van der Waals surface area contributed by atoms with E-state index in [1.165, 1.54) is 0 Å². The minimum atomic E-state index is -0.0732. The summed E-state index contributed by atoms with van der Waals surface area (Å²) in [6.07, 6.45) is 0.676. The summed E-state index contributed by atoms with van der Waals surface area (Å²) in [6, 6.07) is 13.9. The van der Waals surface area contributed by atoms with Gasteiger partial charge in [0.15, 0.2) is 11.5 Å². The molecule has 1 aliphatic rings. The predicted molar refractivity (Wildman–Crippen MR) is 100 cm³/mol. The van der Waals surface area contributed by atoms with Crippen molar-refractivity contribution in [2.75, 3.05) is 14.2 Å². The topological polar surface area (TPSA) is 74.4 Å². The lowest BCUT2D eigenvalue weighted by Gasteiger charge is -2.23.